The molecule has 1 N–H and O–H groups in total. The minimum Gasteiger partial charge on any atom is -0.504 e. The number of hydrogen-bond donors (Lipinski definition) is 1. The maximum Gasteiger partial charge on any atom is 0.331 e. The van der Waals surface area contributed by atoms with Crippen LogP contribution in [0, 0.1) is 0 Å². The number of phenolic OH excluding ortho intramolecular Hbond substituents is 1. The van der Waals surface area contributed by atoms with E-state index >= 15 is 0 Å². The van der Waals surface area contributed by atoms with Gasteiger partial charge in [-0.05, 0) is 47.5 Å². The summed E-state index contributed by atoms with van der Waals surface area (Å²) in [6.07, 6.45) is 6.45. The van der Waals surface area contributed by atoms with Gasteiger partial charge < -0.3 is 19.3 Å². The quantitative estimate of drug-likeness (QED) is 0.809. The van der Waals surface area contributed by atoms with Gasteiger partial charge in [0.05, 0.1) is 7.11 Å². The van der Waals surface area contributed by atoms with E-state index in [2.05, 4.69) is 0 Å². The Balaban J connectivity index is 2.07. The highest BCUT2D eigenvalue weighted by Crippen LogP contribution is 2.40. The number of aromatic hydroxyl groups is 1. The van der Waals surface area contributed by atoms with Gasteiger partial charge in [0.1, 0.15) is 12.4 Å². The molecule has 0 radical (unpaired) electrons. The first-order valence-electron chi connectivity index (χ1n) is 7.36. The highest BCUT2D eigenvalue weighted by atomic mass is 16.5. The molecule has 0 spiro atoms. The van der Waals surface area contributed by atoms with Crippen molar-refractivity contribution in [3.8, 4) is 23.0 Å². The molecule has 2 aliphatic rings. The van der Waals surface area contributed by atoms with E-state index < -0.39 is 5.97 Å². The molecular formula is C19H16O5. The molecule has 2 aromatic carbocycles. The molecule has 2 aliphatic heterocycles. The smallest absolute Gasteiger partial charge is 0.331 e. The monoisotopic (exact) mass is 324 g/mol. The maximum absolute atomic E-state index is 11.7. The average molecular weight is 324 g/mol. The zero-order valence-corrected chi connectivity index (χ0v) is 13.1. The molecule has 5 heteroatoms. The molecule has 0 saturated carbocycles. The van der Waals surface area contributed by atoms with Gasteiger partial charge in [-0.2, -0.15) is 0 Å². The van der Waals surface area contributed by atoms with Crippen molar-refractivity contribution >= 4 is 18.1 Å². The van der Waals surface area contributed by atoms with Crippen LogP contribution in [0.15, 0.2) is 48.6 Å². The predicted octanol–water partition coefficient (Wildman–Crippen LogP) is 3.78. The molecule has 0 aromatic heterocycles. The topological polar surface area (TPSA) is 65.0 Å². The minimum absolute atomic E-state index is 0.0781. The Morgan fingerprint density at radius 3 is 2.58 bits per heavy atom. The Kier molecular flexibility index (Phi) is 4.52. The molecule has 2 aromatic rings. The van der Waals surface area contributed by atoms with Gasteiger partial charge in [0.2, 0.25) is 5.75 Å². The number of esters is 1. The van der Waals surface area contributed by atoms with Gasteiger partial charge in [0.15, 0.2) is 11.5 Å². The van der Waals surface area contributed by atoms with Gasteiger partial charge in [-0.15, -0.1) is 0 Å². The van der Waals surface area contributed by atoms with Crippen molar-refractivity contribution in [1.82, 2.24) is 0 Å². The number of phenols is 1. The molecule has 122 valence electrons. The van der Waals surface area contributed by atoms with E-state index in [-0.39, 0.29) is 18.1 Å². The fraction of sp³-hybridized carbons (Fsp3) is 0.105. The summed E-state index contributed by atoms with van der Waals surface area (Å²) in [7, 11) is 1.45. The van der Waals surface area contributed by atoms with Crippen LogP contribution in [0.5, 0.6) is 23.0 Å². The van der Waals surface area contributed by atoms with E-state index in [0.29, 0.717) is 17.1 Å². The Hall–Kier alpha value is -3.21. The lowest BCUT2D eigenvalue weighted by Gasteiger charge is -2.13. The van der Waals surface area contributed by atoms with Gasteiger partial charge in [-0.25, -0.2) is 4.79 Å². The van der Waals surface area contributed by atoms with Crippen molar-refractivity contribution in [3.05, 3.63) is 59.7 Å². The number of fused-ring (bicyclic) bond motifs is 6. The maximum atomic E-state index is 11.7. The van der Waals surface area contributed by atoms with Crippen LogP contribution in [0.2, 0.25) is 0 Å². The summed E-state index contributed by atoms with van der Waals surface area (Å²) in [6, 6.07) is 10.5. The van der Waals surface area contributed by atoms with E-state index in [1.807, 2.05) is 30.3 Å². The van der Waals surface area contributed by atoms with E-state index in [1.54, 1.807) is 18.2 Å². The second-order valence-corrected chi connectivity index (χ2v) is 5.11. The number of ether oxygens (including phenoxy) is 3. The van der Waals surface area contributed by atoms with Crippen LogP contribution in [0.3, 0.4) is 0 Å². The first-order chi connectivity index (χ1) is 11.7. The standard InChI is InChI=1S/C19H16O5/c1-22-19-16(20)11-14-6-9-18(21)23-10-2-3-13-4-7-15(8-5-13)24-17(19)12-14/h2-9,11-12,20H,10H2,1H3. The largest absolute Gasteiger partial charge is 0.504 e. The number of benzene rings is 2. The van der Waals surface area contributed by atoms with Crippen molar-refractivity contribution in [2.75, 3.05) is 13.7 Å². The summed E-state index contributed by atoms with van der Waals surface area (Å²) in [4.78, 5) is 11.7. The number of hydrogen-bond acceptors (Lipinski definition) is 5. The number of methoxy groups -OCH3 is 1. The Bertz CT molecular complexity index is 803. The van der Waals surface area contributed by atoms with Gasteiger partial charge in [-0.3, -0.25) is 0 Å². The summed E-state index contributed by atoms with van der Waals surface area (Å²) in [6.45, 7) is 0.181. The van der Waals surface area contributed by atoms with Crippen LogP contribution < -0.4 is 9.47 Å². The van der Waals surface area contributed by atoms with Crippen LogP contribution >= 0.6 is 0 Å². The fourth-order valence-electron chi connectivity index (χ4n) is 2.29. The third-order valence-electron chi connectivity index (χ3n) is 3.41. The van der Waals surface area contributed by atoms with Crippen molar-refractivity contribution in [3.63, 3.8) is 0 Å². The van der Waals surface area contributed by atoms with Gasteiger partial charge in [-0.1, -0.05) is 18.2 Å². The summed E-state index contributed by atoms with van der Waals surface area (Å²) in [5, 5.41) is 10.1. The first-order valence-corrected chi connectivity index (χ1v) is 7.36. The Morgan fingerprint density at radius 2 is 1.83 bits per heavy atom. The van der Waals surface area contributed by atoms with E-state index in [0.717, 1.165) is 5.56 Å². The second kappa shape index (κ2) is 6.91. The lowest BCUT2D eigenvalue weighted by atomic mass is 10.1. The highest BCUT2D eigenvalue weighted by Gasteiger charge is 2.13. The molecule has 4 rings (SSSR count). The first kappa shape index (κ1) is 15.7. The molecule has 0 aliphatic carbocycles. The third-order valence-corrected chi connectivity index (χ3v) is 3.41. The van der Waals surface area contributed by atoms with Crippen molar-refractivity contribution in [2.24, 2.45) is 0 Å². The second-order valence-electron chi connectivity index (χ2n) is 5.11. The lowest BCUT2D eigenvalue weighted by molar-refractivity contribution is -0.136. The minimum atomic E-state index is -0.470. The molecule has 0 atom stereocenters. The number of carbonyl (C=O) groups is 1. The Morgan fingerprint density at radius 1 is 1.04 bits per heavy atom. The van der Waals surface area contributed by atoms with Crippen LogP contribution in [0.1, 0.15) is 11.1 Å². The molecular weight excluding hydrogens is 308 g/mol. The highest BCUT2D eigenvalue weighted by molar-refractivity contribution is 5.87. The molecule has 0 unspecified atom stereocenters. The molecule has 4 bridgehead atoms. The summed E-state index contributed by atoms with van der Waals surface area (Å²) < 4.78 is 16.1. The zero-order chi connectivity index (χ0) is 16.9. The SMILES string of the molecule is COc1c(O)cc2cc1Oc1ccc(cc1)C=CCOC(=O)C=C2. The molecule has 2 heterocycles. The third kappa shape index (κ3) is 3.57. The van der Waals surface area contributed by atoms with Gasteiger partial charge >= 0.3 is 5.97 Å². The van der Waals surface area contributed by atoms with Crippen molar-refractivity contribution < 1.29 is 24.1 Å². The molecule has 24 heavy (non-hydrogen) atoms. The molecule has 0 amide bonds. The molecule has 5 nitrogen and oxygen atoms in total. The van der Waals surface area contributed by atoms with E-state index in [4.69, 9.17) is 14.2 Å². The summed E-state index contributed by atoms with van der Waals surface area (Å²) in [5.41, 5.74) is 1.54. The van der Waals surface area contributed by atoms with Crippen LogP contribution in [-0.2, 0) is 9.53 Å². The average Bonchev–Trinajstić information content (AvgIpc) is 2.58. The molecule has 0 saturated heterocycles. The van der Waals surface area contributed by atoms with Gasteiger partial charge in [0, 0.05) is 6.08 Å². The van der Waals surface area contributed by atoms with Crippen molar-refractivity contribution in [2.45, 2.75) is 0 Å². The predicted molar refractivity (Wildman–Crippen MR) is 90.2 cm³/mol. The van der Waals surface area contributed by atoms with Crippen molar-refractivity contribution in [1.29, 1.82) is 0 Å². The fourth-order valence-corrected chi connectivity index (χ4v) is 2.29. The lowest BCUT2D eigenvalue weighted by Crippen LogP contribution is -1.99. The summed E-state index contributed by atoms with van der Waals surface area (Å²) in [5.74, 6) is 0.632. The summed E-state index contributed by atoms with van der Waals surface area (Å²) >= 11 is 0. The van der Waals surface area contributed by atoms with E-state index in [9.17, 15) is 9.90 Å². The Labute approximate surface area is 139 Å². The van der Waals surface area contributed by atoms with Crippen LogP contribution in [0.25, 0.3) is 12.2 Å². The zero-order valence-electron chi connectivity index (χ0n) is 13.1. The van der Waals surface area contributed by atoms with Crippen LogP contribution in [-0.4, -0.2) is 24.8 Å². The number of carbonyl (C=O) groups excluding carboxylic acids is 1. The number of rotatable bonds is 1. The normalized spacial score (nSPS) is 13.6. The van der Waals surface area contributed by atoms with Gasteiger partial charge in [0.25, 0.3) is 0 Å². The van der Waals surface area contributed by atoms with E-state index in [1.165, 1.54) is 19.3 Å². The van der Waals surface area contributed by atoms with Crippen LogP contribution in [0.4, 0.5) is 0 Å². The molecule has 0 fully saturated rings.